The van der Waals surface area contributed by atoms with E-state index in [1.165, 1.54) is 18.7 Å². The summed E-state index contributed by atoms with van der Waals surface area (Å²) in [4.78, 5) is 8.84. The molecule has 0 radical (unpaired) electrons. The Labute approximate surface area is 141 Å². The summed E-state index contributed by atoms with van der Waals surface area (Å²) in [5.74, 6) is 1.82. The van der Waals surface area contributed by atoms with Gasteiger partial charge in [-0.25, -0.2) is 4.98 Å². The lowest BCUT2D eigenvalue weighted by molar-refractivity contribution is 0.180. The van der Waals surface area contributed by atoms with Crippen LogP contribution in [-0.2, 0) is 26.6 Å². The van der Waals surface area contributed by atoms with E-state index in [2.05, 4.69) is 36.5 Å². The smallest absolute Gasteiger partial charge is 0.191 e. The second-order valence-electron chi connectivity index (χ2n) is 6.07. The van der Waals surface area contributed by atoms with E-state index >= 15 is 0 Å². The lowest BCUT2D eigenvalue weighted by Crippen LogP contribution is -2.39. The lowest BCUT2D eigenvalue weighted by Gasteiger charge is -2.14. The molecule has 0 saturated heterocycles. The maximum absolute atomic E-state index is 10.2. The third-order valence-corrected chi connectivity index (χ3v) is 4.19. The molecule has 0 spiro atoms. The molecule has 0 saturated carbocycles. The number of hydrogen-bond acceptors (Lipinski definition) is 4. The van der Waals surface area contributed by atoms with E-state index in [4.69, 9.17) is 0 Å². The van der Waals surface area contributed by atoms with Crippen molar-refractivity contribution in [1.82, 2.24) is 30.0 Å². The summed E-state index contributed by atoms with van der Waals surface area (Å²) in [7, 11) is 3.54. The number of aliphatic hydroxyl groups is 1. The van der Waals surface area contributed by atoms with E-state index in [9.17, 15) is 5.11 Å². The maximum Gasteiger partial charge on any atom is 0.191 e. The molecule has 24 heavy (non-hydrogen) atoms. The van der Waals surface area contributed by atoms with Crippen LogP contribution in [0, 0.1) is 0 Å². The zero-order chi connectivity index (χ0) is 16.9. The number of nitrogens with zero attached hydrogens (tertiary/aromatic N) is 5. The first-order chi connectivity index (χ1) is 11.7. The van der Waals surface area contributed by atoms with E-state index in [0.29, 0.717) is 19.0 Å². The molecule has 3 N–H and O–H groups in total. The molecule has 2 aromatic heterocycles. The summed E-state index contributed by atoms with van der Waals surface area (Å²) in [6, 6.07) is 0. The van der Waals surface area contributed by atoms with Gasteiger partial charge in [-0.2, -0.15) is 5.10 Å². The summed E-state index contributed by atoms with van der Waals surface area (Å²) >= 11 is 0. The highest BCUT2D eigenvalue weighted by Gasteiger charge is 2.13. The number of imidazole rings is 1. The number of guanidine groups is 1. The molecule has 130 valence electrons. The molecule has 0 amide bonds. The molecule has 0 fully saturated rings. The zero-order valence-electron chi connectivity index (χ0n) is 14.2. The van der Waals surface area contributed by atoms with E-state index in [0.717, 1.165) is 24.2 Å². The number of aromatic nitrogens is 4. The Morgan fingerprint density at radius 3 is 2.96 bits per heavy atom. The first-order valence-electron chi connectivity index (χ1n) is 8.32. The van der Waals surface area contributed by atoms with Crippen LogP contribution in [-0.4, -0.2) is 44.0 Å². The Morgan fingerprint density at radius 2 is 2.25 bits per heavy atom. The van der Waals surface area contributed by atoms with Crippen molar-refractivity contribution in [2.75, 3.05) is 13.6 Å². The molecular formula is C16H25N7O. The van der Waals surface area contributed by atoms with Gasteiger partial charge < -0.3 is 20.3 Å². The van der Waals surface area contributed by atoms with Crippen molar-refractivity contribution in [3.05, 3.63) is 35.7 Å². The third kappa shape index (κ3) is 3.94. The SMILES string of the molecule is CN=C(NCc1cn2c(n1)CCCC2)NCC(O)c1cnn(C)c1. The van der Waals surface area contributed by atoms with Crippen molar-refractivity contribution in [3.63, 3.8) is 0 Å². The fourth-order valence-electron chi connectivity index (χ4n) is 2.88. The lowest BCUT2D eigenvalue weighted by atomic mass is 10.2. The molecule has 1 atom stereocenters. The molecule has 2 aromatic rings. The minimum absolute atomic E-state index is 0.366. The molecule has 1 unspecified atom stereocenters. The van der Waals surface area contributed by atoms with Gasteiger partial charge in [0, 0.05) is 51.6 Å². The second kappa shape index (κ2) is 7.48. The first-order valence-corrected chi connectivity index (χ1v) is 8.32. The highest BCUT2D eigenvalue weighted by atomic mass is 16.3. The average Bonchev–Trinajstić information content (AvgIpc) is 3.20. The van der Waals surface area contributed by atoms with Gasteiger partial charge in [0.1, 0.15) is 5.82 Å². The summed E-state index contributed by atoms with van der Waals surface area (Å²) in [6.45, 7) is 2.04. The van der Waals surface area contributed by atoms with Gasteiger partial charge in [0.2, 0.25) is 0 Å². The predicted molar refractivity (Wildman–Crippen MR) is 91.5 cm³/mol. The van der Waals surface area contributed by atoms with Crippen LogP contribution in [0.25, 0.3) is 0 Å². The van der Waals surface area contributed by atoms with Crippen LogP contribution in [0.3, 0.4) is 0 Å². The molecule has 3 rings (SSSR count). The zero-order valence-corrected chi connectivity index (χ0v) is 14.2. The van der Waals surface area contributed by atoms with Crippen LogP contribution in [0.4, 0.5) is 0 Å². The van der Waals surface area contributed by atoms with Crippen molar-refractivity contribution < 1.29 is 5.11 Å². The number of hydrogen-bond donors (Lipinski definition) is 3. The number of fused-ring (bicyclic) bond motifs is 1. The second-order valence-corrected chi connectivity index (χ2v) is 6.07. The molecule has 8 heteroatoms. The van der Waals surface area contributed by atoms with Gasteiger partial charge in [0.15, 0.2) is 5.96 Å². The molecule has 0 aliphatic carbocycles. The summed E-state index contributed by atoms with van der Waals surface area (Å²) in [5.41, 5.74) is 1.80. The summed E-state index contributed by atoms with van der Waals surface area (Å²) < 4.78 is 3.91. The normalized spacial score (nSPS) is 15.9. The van der Waals surface area contributed by atoms with E-state index in [1.807, 2.05) is 7.05 Å². The first kappa shape index (κ1) is 16.5. The predicted octanol–water partition coefficient (Wildman–Crippen LogP) is 0.352. The van der Waals surface area contributed by atoms with Crippen LogP contribution >= 0.6 is 0 Å². The van der Waals surface area contributed by atoms with E-state index in [-0.39, 0.29) is 0 Å². The summed E-state index contributed by atoms with van der Waals surface area (Å²) in [5, 5.41) is 20.6. The fraction of sp³-hybridized carbons (Fsp3) is 0.562. The maximum atomic E-state index is 10.2. The van der Waals surface area contributed by atoms with Crippen LogP contribution < -0.4 is 10.6 Å². The van der Waals surface area contributed by atoms with Crippen LogP contribution in [0.15, 0.2) is 23.6 Å². The van der Waals surface area contributed by atoms with Crippen LogP contribution in [0.2, 0.25) is 0 Å². The third-order valence-electron chi connectivity index (χ3n) is 4.19. The highest BCUT2D eigenvalue weighted by Crippen LogP contribution is 2.14. The quantitative estimate of drug-likeness (QED) is 0.543. The Morgan fingerprint density at radius 1 is 1.38 bits per heavy atom. The number of aryl methyl sites for hydroxylation is 3. The number of nitrogens with one attached hydrogen (secondary N) is 2. The molecule has 0 bridgehead atoms. The molecule has 1 aliphatic rings. The molecule has 3 heterocycles. The van der Waals surface area contributed by atoms with Crippen molar-refractivity contribution in [2.45, 2.75) is 38.5 Å². The Kier molecular flexibility index (Phi) is 5.14. The van der Waals surface area contributed by atoms with Gasteiger partial charge in [-0.05, 0) is 12.8 Å². The van der Waals surface area contributed by atoms with Gasteiger partial charge >= 0.3 is 0 Å². The van der Waals surface area contributed by atoms with Gasteiger partial charge in [-0.3, -0.25) is 9.67 Å². The van der Waals surface area contributed by atoms with Crippen LogP contribution in [0.1, 0.15) is 36.0 Å². The van der Waals surface area contributed by atoms with Gasteiger partial charge in [-0.15, -0.1) is 0 Å². The fourth-order valence-corrected chi connectivity index (χ4v) is 2.88. The van der Waals surface area contributed by atoms with Gasteiger partial charge in [0.25, 0.3) is 0 Å². The van der Waals surface area contributed by atoms with Gasteiger partial charge in [0.05, 0.1) is 24.5 Å². The van der Waals surface area contributed by atoms with Crippen LogP contribution in [0.5, 0.6) is 0 Å². The number of rotatable bonds is 5. The Balaban J connectivity index is 1.49. The van der Waals surface area contributed by atoms with Crippen molar-refractivity contribution >= 4 is 5.96 Å². The number of aliphatic imine (C=N–C) groups is 1. The minimum Gasteiger partial charge on any atom is -0.386 e. The Bertz CT molecular complexity index is 680. The summed E-state index contributed by atoms with van der Waals surface area (Å²) in [6.07, 6.45) is 8.46. The largest absolute Gasteiger partial charge is 0.386 e. The topological polar surface area (TPSA) is 92.3 Å². The van der Waals surface area contributed by atoms with Crippen molar-refractivity contribution in [3.8, 4) is 0 Å². The standard InChI is InChI=1S/C16H25N7O/c1-17-16(19-9-14(24)12-7-20-22(2)10-12)18-8-13-11-23-6-4-3-5-15(23)21-13/h7,10-11,14,24H,3-6,8-9H2,1-2H3,(H2,17,18,19). The van der Waals surface area contributed by atoms with E-state index in [1.54, 1.807) is 24.1 Å². The molecule has 0 aromatic carbocycles. The number of aliphatic hydroxyl groups excluding tert-OH is 1. The minimum atomic E-state index is -0.628. The molecular weight excluding hydrogens is 306 g/mol. The van der Waals surface area contributed by atoms with Crippen molar-refractivity contribution in [2.24, 2.45) is 12.0 Å². The molecule has 1 aliphatic heterocycles. The van der Waals surface area contributed by atoms with Crippen molar-refractivity contribution in [1.29, 1.82) is 0 Å². The van der Waals surface area contributed by atoms with Gasteiger partial charge in [-0.1, -0.05) is 0 Å². The molecule has 8 nitrogen and oxygen atoms in total. The highest BCUT2D eigenvalue weighted by molar-refractivity contribution is 5.79. The average molecular weight is 331 g/mol. The van der Waals surface area contributed by atoms with E-state index < -0.39 is 6.10 Å². The monoisotopic (exact) mass is 331 g/mol. The Hall–Kier alpha value is -2.35.